The molecule has 0 heterocycles. The third kappa shape index (κ3) is 4.28. The van der Waals surface area contributed by atoms with Gasteiger partial charge in [0.15, 0.2) is 11.5 Å². The SMILES string of the molecule is COc1cc(F)c(C(C)NC(=O)C(N)c2ccc(C)cc2)cc1OC. The predicted octanol–water partition coefficient (Wildman–Crippen LogP) is 3.03. The Hall–Kier alpha value is -2.60. The Bertz CT molecular complexity index is 747. The van der Waals surface area contributed by atoms with Gasteiger partial charge in [-0.25, -0.2) is 4.39 Å². The van der Waals surface area contributed by atoms with Gasteiger partial charge < -0.3 is 20.5 Å². The number of nitrogens with one attached hydrogen (secondary N) is 1. The molecule has 0 aliphatic rings. The first-order valence-corrected chi connectivity index (χ1v) is 7.91. The molecule has 2 aromatic rings. The van der Waals surface area contributed by atoms with Crippen LogP contribution in [0, 0.1) is 12.7 Å². The van der Waals surface area contributed by atoms with Crippen LogP contribution >= 0.6 is 0 Å². The molecule has 2 atom stereocenters. The largest absolute Gasteiger partial charge is 0.493 e. The number of amides is 1. The van der Waals surface area contributed by atoms with Gasteiger partial charge in [-0.15, -0.1) is 0 Å². The van der Waals surface area contributed by atoms with Gasteiger partial charge in [0.05, 0.1) is 20.3 Å². The number of ether oxygens (including phenoxy) is 2. The summed E-state index contributed by atoms with van der Waals surface area (Å²) in [4.78, 5) is 12.4. The van der Waals surface area contributed by atoms with Crippen molar-refractivity contribution in [3.8, 4) is 11.5 Å². The van der Waals surface area contributed by atoms with E-state index in [0.717, 1.165) is 5.56 Å². The van der Waals surface area contributed by atoms with Gasteiger partial charge in [0.25, 0.3) is 0 Å². The van der Waals surface area contributed by atoms with Crippen molar-refractivity contribution in [3.63, 3.8) is 0 Å². The highest BCUT2D eigenvalue weighted by molar-refractivity contribution is 5.83. The fourth-order valence-electron chi connectivity index (χ4n) is 2.51. The summed E-state index contributed by atoms with van der Waals surface area (Å²) in [6.07, 6.45) is 0. The molecule has 0 bridgehead atoms. The van der Waals surface area contributed by atoms with Crippen molar-refractivity contribution in [2.45, 2.75) is 25.9 Å². The summed E-state index contributed by atoms with van der Waals surface area (Å²) in [6.45, 7) is 3.64. The number of benzene rings is 2. The molecule has 2 rings (SSSR count). The Kier molecular flexibility index (Phi) is 5.98. The first kappa shape index (κ1) is 18.7. The van der Waals surface area contributed by atoms with E-state index in [-0.39, 0.29) is 5.91 Å². The molecule has 6 heteroatoms. The second kappa shape index (κ2) is 7.98. The van der Waals surface area contributed by atoms with Gasteiger partial charge in [0.1, 0.15) is 11.9 Å². The number of carbonyl (C=O) groups excluding carboxylic acids is 1. The molecule has 2 unspecified atom stereocenters. The van der Waals surface area contributed by atoms with E-state index in [4.69, 9.17) is 15.2 Å². The smallest absolute Gasteiger partial charge is 0.241 e. The zero-order valence-electron chi connectivity index (χ0n) is 14.8. The molecule has 0 saturated heterocycles. The highest BCUT2D eigenvalue weighted by Crippen LogP contribution is 2.32. The Labute approximate surface area is 146 Å². The minimum atomic E-state index is -0.828. The van der Waals surface area contributed by atoms with Crippen molar-refractivity contribution in [1.29, 1.82) is 0 Å². The number of methoxy groups -OCH3 is 2. The van der Waals surface area contributed by atoms with Crippen molar-refractivity contribution in [3.05, 3.63) is 58.9 Å². The average Bonchev–Trinajstić information content (AvgIpc) is 2.61. The van der Waals surface area contributed by atoms with Crippen LogP contribution in [0.1, 0.15) is 35.7 Å². The normalized spacial score (nSPS) is 13.0. The molecule has 2 aromatic carbocycles. The average molecular weight is 346 g/mol. The lowest BCUT2D eigenvalue weighted by Gasteiger charge is -2.20. The van der Waals surface area contributed by atoms with Crippen molar-refractivity contribution in [2.75, 3.05) is 14.2 Å². The second-order valence-corrected chi connectivity index (χ2v) is 5.85. The number of rotatable bonds is 6. The van der Waals surface area contributed by atoms with E-state index in [1.165, 1.54) is 26.4 Å². The molecule has 0 radical (unpaired) electrons. The zero-order chi connectivity index (χ0) is 18.6. The van der Waals surface area contributed by atoms with E-state index in [0.29, 0.717) is 22.6 Å². The van der Waals surface area contributed by atoms with Gasteiger partial charge in [-0.05, 0) is 25.5 Å². The van der Waals surface area contributed by atoms with Gasteiger partial charge in [0, 0.05) is 11.6 Å². The van der Waals surface area contributed by atoms with Gasteiger partial charge in [-0.2, -0.15) is 0 Å². The molecule has 0 aliphatic heterocycles. The van der Waals surface area contributed by atoms with E-state index < -0.39 is 17.9 Å². The third-order valence-corrected chi connectivity index (χ3v) is 4.05. The fourth-order valence-corrected chi connectivity index (χ4v) is 2.51. The van der Waals surface area contributed by atoms with Crippen LogP contribution in [0.3, 0.4) is 0 Å². The summed E-state index contributed by atoms with van der Waals surface area (Å²) in [5, 5.41) is 2.74. The lowest BCUT2D eigenvalue weighted by Crippen LogP contribution is -2.36. The molecule has 0 spiro atoms. The molecule has 0 fully saturated rings. The standard InChI is InChI=1S/C19H23FN2O3/c1-11-5-7-13(8-6-11)18(21)19(23)22-12(2)14-9-16(24-3)17(25-4)10-15(14)20/h5-10,12,18H,21H2,1-4H3,(H,22,23). The first-order valence-electron chi connectivity index (χ1n) is 7.91. The summed E-state index contributed by atoms with van der Waals surface area (Å²) in [7, 11) is 2.90. The molecule has 25 heavy (non-hydrogen) atoms. The molecular weight excluding hydrogens is 323 g/mol. The van der Waals surface area contributed by atoms with Gasteiger partial charge in [-0.3, -0.25) is 4.79 Å². The number of nitrogens with two attached hydrogens (primary N) is 1. The maximum Gasteiger partial charge on any atom is 0.241 e. The van der Waals surface area contributed by atoms with Crippen LogP contribution in [0.15, 0.2) is 36.4 Å². The second-order valence-electron chi connectivity index (χ2n) is 5.85. The van der Waals surface area contributed by atoms with Crippen LogP contribution in [-0.4, -0.2) is 20.1 Å². The van der Waals surface area contributed by atoms with Crippen LogP contribution < -0.4 is 20.5 Å². The molecule has 0 aromatic heterocycles. The molecule has 134 valence electrons. The first-order chi connectivity index (χ1) is 11.9. The van der Waals surface area contributed by atoms with Crippen LogP contribution in [-0.2, 0) is 4.79 Å². The van der Waals surface area contributed by atoms with Crippen LogP contribution in [0.4, 0.5) is 4.39 Å². The zero-order valence-corrected chi connectivity index (χ0v) is 14.8. The molecular formula is C19H23FN2O3. The van der Waals surface area contributed by atoms with E-state index in [1.807, 2.05) is 19.1 Å². The summed E-state index contributed by atoms with van der Waals surface area (Å²) in [5.41, 5.74) is 8.08. The molecule has 0 saturated carbocycles. The Balaban J connectivity index is 2.17. The molecule has 0 aliphatic carbocycles. The van der Waals surface area contributed by atoms with Crippen molar-refractivity contribution < 1.29 is 18.7 Å². The Morgan fingerprint density at radius 3 is 2.24 bits per heavy atom. The Morgan fingerprint density at radius 2 is 1.68 bits per heavy atom. The number of hydrogen-bond acceptors (Lipinski definition) is 4. The molecule has 3 N–H and O–H groups in total. The summed E-state index contributed by atoms with van der Waals surface area (Å²) < 4.78 is 24.6. The van der Waals surface area contributed by atoms with Gasteiger partial charge in [0.2, 0.25) is 5.91 Å². The Morgan fingerprint density at radius 1 is 1.12 bits per heavy atom. The number of carbonyl (C=O) groups is 1. The number of halogens is 1. The number of hydrogen-bond donors (Lipinski definition) is 2. The lowest BCUT2D eigenvalue weighted by atomic mass is 10.0. The van der Waals surface area contributed by atoms with E-state index in [9.17, 15) is 9.18 Å². The third-order valence-electron chi connectivity index (χ3n) is 4.05. The minimum Gasteiger partial charge on any atom is -0.493 e. The van der Waals surface area contributed by atoms with Crippen molar-refractivity contribution >= 4 is 5.91 Å². The van der Waals surface area contributed by atoms with Gasteiger partial charge >= 0.3 is 0 Å². The summed E-state index contributed by atoms with van der Waals surface area (Å²) in [6, 6.07) is 8.73. The topological polar surface area (TPSA) is 73.6 Å². The monoisotopic (exact) mass is 346 g/mol. The lowest BCUT2D eigenvalue weighted by molar-refractivity contribution is -0.123. The highest BCUT2D eigenvalue weighted by atomic mass is 19.1. The van der Waals surface area contributed by atoms with Crippen LogP contribution in [0.5, 0.6) is 11.5 Å². The van der Waals surface area contributed by atoms with E-state index in [2.05, 4.69) is 5.32 Å². The highest BCUT2D eigenvalue weighted by Gasteiger charge is 2.21. The maximum absolute atomic E-state index is 14.3. The minimum absolute atomic E-state index is 0.290. The van der Waals surface area contributed by atoms with Crippen LogP contribution in [0.25, 0.3) is 0 Å². The summed E-state index contributed by atoms with van der Waals surface area (Å²) in [5.74, 6) is -0.193. The predicted molar refractivity (Wildman–Crippen MR) is 94.2 cm³/mol. The molecule has 1 amide bonds. The van der Waals surface area contributed by atoms with E-state index >= 15 is 0 Å². The van der Waals surface area contributed by atoms with E-state index in [1.54, 1.807) is 19.1 Å². The van der Waals surface area contributed by atoms with Crippen molar-refractivity contribution in [1.82, 2.24) is 5.32 Å². The fraction of sp³-hybridized carbons (Fsp3) is 0.316. The van der Waals surface area contributed by atoms with Crippen LogP contribution in [0.2, 0.25) is 0 Å². The quantitative estimate of drug-likeness (QED) is 0.843. The maximum atomic E-state index is 14.3. The molecule has 5 nitrogen and oxygen atoms in total. The van der Waals surface area contributed by atoms with Gasteiger partial charge in [-0.1, -0.05) is 29.8 Å². The summed E-state index contributed by atoms with van der Waals surface area (Å²) >= 11 is 0. The number of aryl methyl sites for hydroxylation is 1. The van der Waals surface area contributed by atoms with Crippen molar-refractivity contribution in [2.24, 2.45) is 5.73 Å².